The summed E-state index contributed by atoms with van der Waals surface area (Å²) in [7, 11) is 0. The molecule has 1 aromatic carbocycles. The van der Waals surface area contributed by atoms with Gasteiger partial charge in [-0.25, -0.2) is 0 Å². The molecule has 0 amide bonds. The van der Waals surface area contributed by atoms with E-state index in [9.17, 15) is 0 Å². The van der Waals surface area contributed by atoms with E-state index < -0.39 is 0 Å². The molecule has 0 saturated heterocycles. The summed E-state index contributed by atoms with van der Waals surface area (Å²) in [5, 5.41) is 4.70. The molecule has 2 heteroatoms. The van der Waals surface area contributed by atoms with Gasteiger partial charge in [-0.15, -0.1) is 0 Å². The highest BCUT2D eigenvalue weighted by atomic mass is 35.5. The molecule has 0 bridgehead atoms. The summed E-state index contributed by atoms with van der Waals surface area (Å²) in [6.45, 7) is 3.23. The molecule has 0 spiro atoms. The first-order valence-corrected chi connectivity index (χ1v) is 10.9. The van der Waals surface area contributed by atoms with Crippen LogP contribution in [0.5, 0.6) is 0 Å². The second-order valence-electron chi connectivity index (χ2n) is 7.90. The lowest BCUT2D eigenvalue weighted by Crippen LogP contribution is -2.31. The summed E-state index contributed by atoms with van der Waals surface area (Å²) in [6, 6.07) is 7.53. The zero-order valence-corrected chi connectivity index (χ0v) is 16.6. The maximum Gasteiger partial charge on any atom is 0.0446 e. The third kappa shape index (κ3) is 5.34. The molecule has 0 aromatic heterocycles. The van der Waals surface area contributed by atoms with Gasteiger partial charge in [0.2, 0.25) is 0 Å². The van der Waals surface area contributed by atoms with Gasteiger partial charge in [-0.05, 0) is 60.8 Å². The van der Waals surface area contributed by atoms with Gasteiger partial charge in [-0.1, -0.05) is 75.3 Å². The standard InChI is InChI=1S/C23H34ClN/c1-2-18(15-16-25-21-11-7-4-8-12-21)20-13-14-22(23(24)17-20)19-9-5-3-6-10-19/h13-15,17,19,21,25H,2-12,16H2,1H3. The van der Waals surface area contributed by atoms with E-state index in [1.54, 1.807) is 0 Å². The predicted molar refractivity (Wildman–Crippen MR) is 110 cm³/mol. The summed E-state index contributed by atoms with van der Waals surface area (Å²) in [4.78, 5) is 0. The maximum atomic E-state index is 6.68. The molecule has 0 aliphatic heterocycles. The number of rotatable bonds is 6. The summed E-state index contributed by atoms with van der Waals surface area (Å²) in [5.41, 5.74) is 4.10. The lowest BCUT2D eigenvalue weighted by Gasteiger charge is -2.23. The maximum absolute atomic E-state index is 6.68. The van der Waals surface area contributed by atoms with E-state index in [1.165, 1.54) is 80.9 Å². The van der Waals surface area contributed by atoms with Crippen LogP contribution in [0.1, 0.15) is 94.6 Å². The Morgan fingerprint density at radius 2 is 1.72 bits per heavy atom. The predicted octanol–water partition coefficient (Wildman–Crippen LogP) is 7.10. The molecule has 2 aliphatic carbocycles. The van der Waals surface area contributed by atoms with Gasteiger partial charge in [0.05, 0.1) is 0 Å². The fourth-order valence-corrected chi connectivity index (χ4v) is 4.93. The Bertz CT molecular complexity index is 565. The zero-order chi connectivity index (χ0) is 17.5. The van der Waals surface area contributed by atoms with Gasteiger partial charge < -0.3 is 5.32 Å². The van der Waals surface area contributed by atoms with Gasteiger partial charge in [-0.2, -0.15) is 0 Å². The lowest BCUT2D eigenvalue weighted by molar-refractivity contribution is 0.385. The van der Waals surface area contributed by atoms with Crippen molar-refractivity contribution in [3.8, 4) is 0 Å². The highest BCUT2D eigenvalue weighted by Gasteiger charge is 2.18. The molecule has 1 N–H and O–H groups in total. The molecule has 0 unspecified atom stereocenters. The van der Waals surface area contributed by atoms with Gasteiger partial charge in [0, 0.05) is 17.6 Å². The quantitative estimate of drug-likeness (QED) is 0.570. The van der Waals surface area contributed by atoms with Gasteiger partial charge in [-0.3, -0.25) is 0 Å². The number of allylic oxidation sites excluding steroid dienone is 1. The minimum Gasteiger partial charge on any atom is -0.311 e. The van der Waals surface area contributed by atoms with E-state index >= 15 is 0 Å². The van der Waals surface area contributed by atoms with E-state index in [-0.39, 0.29) is 0 Å². The number of halogens is 1. The fraction of sp³-hybridized carbons (Fsp3) is 0.652. The summed E-state index contributed by atoms with van der Waals surface area (Å²) >= 11 is 6.68. The lowest BCUT2D eigenvalue weighted by atomic mass is 9.83. The van der Waals surface area contributed by atoms with Gasteiger partial charge in [0.15, 0.2) is 0 Å². The van der Waals surface area contributed by atoms with Crippen LogP contribution in [0, 0.1) is 0 Å². The van der Waals surface area contributed by atoms with E-state index in [2.05, 4.69) is 36.5 Å². The highest BCUT2D eigenvalue weighted by molar-refractivity contribution is 6.31. The van der Waals surface area contributed by atoms with Crippen molar-refractivity contribution in [1.82, 2.24) is 5.32 Å². The molecule has 1 nitrogen and oxygen atoms in total. The monoisotopic (exact) mass is 359 g/mol. The fourth-order valence-electron chi connectivity index (χ4n) is 4.59. The zero-order valence-electron chi connectivity index (χ0n) is 15.8. The van der Waals surface area contributed by atoms with Crippen LogP contribution in [0.4, 0.5) is 0 Å². The molecule has 1 aromatic rings. The molecule has 0 radical (unpaired) electrons. The second-order valence-corrected chi connectivity index (χ2v) is 8.30. The molecule has 2 saturated carbocycles. The van der Waals surface area contributed by atoms with Crippen molar-refractivity contribution in [2.45, 2.75) is 89.5 Å². The van der Waals surface area contributed by atoms with Gasteiger partial charge >= 0.3 is 0 Å². The van der Waals surface area contributed by atoms with Crippen LogP contribution in [-0.2, 0) is 0 Å². The second kappa shape index (κ2) is 9.78. The number of benzene rings is 1. The molecule has 3 rings (SSSR count). The van der Waals surface area contributed by atoms with Crippen molar-refractivity contribution < 1.29 is 0 Å². The average Bonchev–Trinajstić information content (AvgIpc) is 2.67. The first-order valence-electron chi connectivity index (χ1n) is 10.5. The van der Waals surface area contributed by atoms with Crippen LogP contribution in [0.15, 0.2) is 24.3 Å². The minimum atomic E-state index is 0.678. The molecular weight excluding hydrogens is 326 g/mol. The Morgan fingerprint density at radius 1 is 1.04 bits per heavy atom. The Balaban J connectivity index is 1.63. The molecule has 25 heavy (non-hydrogen) atoms. The van der Waals surface area contributed by atoms with E-state index in [4.69, 9.17) is 11.6 Å². The Hall–Kier alpha value is -0.790. The molecule has 0 atom stereocenters. The molecule has 2 fully saturated rings. The van der Waals surface area contributed by atoms with Crippen LogP contribution in [-0.4, -0.2) is 12.6 Å². The van der Waals surface area contributed by atoms with E-state index in [0.29, 0.717) is 5.92 Å². The van der Waals surface area contributed by atoms with Crippen molar-refractivity contribution in [3.05, 3.63) is 40.4 Å². The third-order valence-corrected chi connectivity index (χ3v) is 6.48. The molecule has 0 heterocycles. The van der Waals surface area contributed by atoms with Crippen LogP contribution in [0.3, 0.4) is 0 Å². The van der Waals surface area contributed by atoms with Crippen molar-refractivity contribution in [3.63, 3.8) is 0 Å². The van der Waals surface area contributed by atoms with Crippen LogP contribution in [0.2, 0.25) is 5.02 Å². The Labute approximate surface area is 159 Å². The Morgan fingerprint density at radius 3 is 2.36 bits per heavy atom. The van der Waals surface area contributed by atoms with Crippen molar-refractivity contribution in [2.24, 2.45) is 0 Å². The molecule has 138 valence electrons. The number of hydrogen-bond donors (Lipinski definition) is 1. The smallest absolute Gasteiger partial charge is 0.0446 e. The molecule has 2 aliphatic rings. The van der Waals surface area contributed by atoms with E-state index in [1.807, 2.05) is 0 Å². The van der Waals surface area contributed by atoms with Crippen molar-refractivity contribution >= 4 is 17.2 Å². The summed E-state index contributed by atoms with van der Waals surface area (Å²) in [6.07, 6.45) is 17.0. The largest absolute Gasteiger partial charge is 0.311 e. The first kappa shape index (κ1) is 19.0. The molecular formula is C23H34ClN. The first-order chi connectivity index (χ1) is 12.3. The van der Waals surface area contributed by atoms with Crippen LogP contribution >= 0.6 is 11.6 Å². The number of hydrogen-bond acceptors (Lipinski definition) is 1. The van der Waals surface area contributed by atoms with Crippen molar-refractivity contribution in [1.29, 1.82) is 0 Å². The topological polar surface area (TPSA) is 12.0 Å². The Kier molecular flexibility index (Phi) is 7.43. The van der Waals surface area contributed by atoms with Gasteiger partial charge in [0.25, 0.3) is 0 Å². The van der Waals surface area contributed by atoms with Gasteiger partial charge in [0.1, 0.15) is 0 Å². The van der Waals surface area contributed by atoms with Crippen LogP contribution in [0.25, 0.3) is 5.57 Å². The van der Waals surface area contributed by atoms with Crippen molar-refractivity contribution in [2.75, 3.05) is 6.54 Å². The normalized spacial score (nSPS) is 20.8. The third-order valence-electron chi connectivity index (χ3n) is 6.16. The summed E-state index contributed by atoms with van der Waals surface area (Å²) in [5.74, 6) is 0.678. The van der Waals surface area contributed by atoms with Crippen LogP contribution < -0.4 is 5.32 Å². The number of nitrogens with one attached hydrogen (secondary N) is 1. The minimum absolute atomic E-state index is 0.678. The van der Waals surface area contributed by atoms with E-state index in [0.717, 1.165) is 24.0 Å². The SMILES string of the molecule is CCC(=CCNC1CCCCC1)c1ccc(C2CCCCC2)c(Cl)c1. The summed E-state index contributed by atoms with van der Waals surface area (Å²) < 4.78 is 0. The average molecular weight is 360 g/mol. The highest BCUT2D eigenvalue weighted by Crippen LogP contribution is 2.37.